The lowest BCUT2D eigenvalue weighted by atomic mass is 9.97. The molecule has 2 aromatic carbocycles. The summed E-state index contributed by atoms with van der Waals surface area (Å²) in [6.45, 7) is 1.99. The minimum Gasteiger partial charge on any atom is -0.508 e. The van der Waals surface area contributed by atoms with Crippen LogP contribution in [0, 0.1) is 6.92 Å². The lowest BCUT2D eigenvalue weighted by Gasteiger charge is -2.12. The molecule has 17 heavy (non-hydrogen) atoms. The van der Waals surface area contributed by atoms with Crippen molar-refractivity contribution in [2.75, 3.05) is 11.5 Å². The second-order valence-corrected chi connectivity index (χ2v) is 4.17. The number of nitrogens with two attached hydrogens (primary N) is 2. The van der Waals surface area contributed by atoms with Crippen LogP contribution in [0.1, 0.15) is 16.7 Å². The van der Waals surface area contributed by atoms with E-state index >= 15 is 0 Å². The maximum Gasteiger partial charge on any atom is 0.119 e. The van der Waals surface area contributed by atoms with Crippen molar-refractivity contribution in [2.45, 2.75) is 13.3 Å². The molecule has 5 N–H and O–H groups in total. The molecular formula is C14H16N2O. The minimum absolute atomic E-state index is 0.286. The van der Waals surface area contributed by atoms with Gasteiger partial charge < -0.3 is 16.6 Å². The molecule has 3 heteroatoms. The van der Waals surface area contributed by atoms with Gasteiger partial charge in [-0.15, -0.1) is 0 Å². The lowest BCUT2D eigenvalue weighted by Crippen LogP contribution is -2.03. The lowest BCUT2D eigenvalue weighted by molar-refractivity contribution is 0.469. The van der Waals surface area contributed by atoms with E-state index in [1.807, 2.05) is 25.1 Å². The zero-order valence-electron chi connectivity index (χ0n) is 9.77. The standard InChI is InChI=1S/C14H16N2O/c1-9-6-7-12(15)14(16)11(9)8-10-4-2-3-5-13(10)17/h2-7,17H,8,15-16H2,1H3. The van der Waals surface area contributed by atoms with Gasteiger partial charge in [0, 0.05) is 6.42 Å². The molecule has 88 valence electrons. The Kier molecular flexibility index (Phi) is 2.91. The Morgan fingerprint density at radius 2 is 1.76 bits per heavy atom. The smallest absolute Gasteiger partial charge is 0.119 e. The molecule has 0 amide bonds. The van der Waals surface area contributed by atoms with Crippen molar-refractivity contribution in [2.24, 2.45) is 0 Å². The highest BCUT2D eigenvalue weighted by atomic mass is 16.3. The molecular weight excluding hydrogens is 212 g/mol. The Morgan fingerprint density at radius 3 is 2.47 bits per heavy atom. The van der Waals surface area contributed by atoms with Gasteiger partial charge in [-0.05, 0) is 35.7 Å². The molecule has 0 bridgehead atoms. The van der Waals surface area contributed by atoms with Gasteiger partial charge in [0.25, 0.3) is 0 Å². The first-order valence-electron chi connectivity index (χ1n) is 5.50. The van der Waals surface area contributed by atoms with Gasteiger partial charge in [0.05, 0.1) is 11.4 Å². The first-order chi connectivity index (χ1) is 8.09. The van der Waals surface area contributed by atoms with Crippen molar-refractivity contribution in [3.05, 3.63) is 53.1 Å². The molecule has 0 aliphatic carbocycles. The molecule has 0 aromatic heterocycles. The van der Waals surface area contributed by atoms with Crippen LogP contribution in [-0.2, 0) is 6.42 Å². The Bertz CT molecular complexity index is 550. The summed E-state index contributed by atoms with van der Waals surface area (Å²) in [5.74, 6) is 0.286. The molecule has 0 spiro atoms. The van der Waals surface area contributed by atoms with Crippen LogP contribution in [0.15, 0.2) is 36.4 Å². The van der Waals surface area contributed by atoms with Gasteiger partial charge in [-0.3, -0.25) is 0 Å². The zero-order valence-corrected chi connectivity index (χ0v) is 9.77. The Balaban J connectivity index is 2.43. The maximum atomic E-state index is 9.75. The SMILES string of the molecule is Cc1ccc(N)c(N)c1Cc1ccccc1O. The van der Waals surface area contributed by atoms with E-state index in [0.29, 0.717) is 17.8 Å². The number of rotatable bonds is 2. The zero-order chi connectivity index (χ0) is 12.4. The molecule has 3 nitrogen and oxygen atoms in total. The van der Waals surface area contributed by atoms with Crippen LogP contribution in [0.3, 0.4) is 0 Å². The van der Waals surface area contributed by atoms with Gasteiger partial charge in [-0.25, -0.2) is 0 Å². The molecule has 2 aromatic rings. The second-order valence-electron chi connectivity index (χ2n) is 4.17. The summed E-state index contributed by atoms with van der Waals surface area (Å²) in [7, 11) is 0. The summed E-state index contributed by atoms with van der Waals surface area (Å²) in [4.78, 5) is 0. The average molecular weight is 228 g/mol. The summed E-state index contributed by atoms with van der Waals surface area (Å²) in [6, 6.07) is 11.0. The number of benzene rings is 2. The number of hydrogen-bond acceptors (Lipinski definition) is 3. The highest BCUT2D eigenvalue weighted by molar-refractivity contribution is 5.70. The molecule has 0 saturated heterocycles. The van der Waals surface area contributed by atoms with Gasteiger partial charge in [0.1, 0.15) is 5.75 Å². The van der Waals surface area contributed by atoms with Crippen LogP contribution in [0.25, 0.3) is 0 Å². The third kappa shape index (κ3) is 2.18. The van der Waals surface area contributed by atoms with E-state index in [0.717, 1.165) is 16.7 Å². The number of aryl methyl sites for hydroxylation is 1. The largest absolute Gasteiger partial charge is 0.508 e. The van der Waals surface area contributed by atoms with Gasteiger partial charge in [-0.2, -0.15) is 0 Å². The van der Waals surface area contributed by atoms with Crippen LogP contribution in [0.2, 0.25) is 0 Å². The predicted molar refractivity (Wildman–Crippen MR) is 70.9 cm³/mol. The summed E-state index contributed by atoms with van der Waals surface area (Å²) >= 11 is 0. The van der Waals surface area contributed by atoms with Gasteiger partial charge in [0.15, 0.2) is 0 Å². The van der Waals surface area contributed by atoms with Crippen LogP contribution < -0.4 is 11.5 Å². The summed E-state index contributed by atoms with van der Waals surface area (Å²) in [5, 5.41) is 9.75. The molecule has 0 saturated carbocycles. The monoisotopic (exact) mass is 228 g/mol. The molecule has 2 rings (SSSR count). The molecule has 0 unspecified atom stereocenters. The fraction of sp³-hybridized carbons (Fsp3) is 0.143. The molecule has 0 fully saturated rings. The number of anilines is 2. The molecule has 0 aliphatic rings. The Hall–Kier alpha value is -2.16. The predicted octanol–water partition coefficient (Wildman–Crippen LogP) is 2.46. The Labute approximate surface area is 101 Å². The van der Waals surface area contributed by atoms with E-state index in [4.69, 9.17) is 11.5 Å². The van der Waals surface area contributed by atoms with Crippen molar-refractivity contribution in [3.8, 4) is 5.75 Å². The van der Waals surface area contributed by atoms with E-state index in [-0.39, 0.29) is 5.75 Å². The van der Waals surface area contributed by atoms with Crippen molar-refractivity contribution >= 4 is 11.4 Å². The Morgan fingerprint density at radius 1 is 1.06 bits per heavy atom. The fourth-order valence-electron chi connectivity index (χ4n) is 1.88. The van der Waals surface area contributed by atoms with E-state index in [1.165, 1.54) is 0 Å². The van der Waals surface area contributed by atoms with E-state index < -0.39 is 0 Å². The van der Waals surface area contributed by atoms with E-state index in [9.17, 15) is 5.11 Å². The fourth-order valence-corrected chi connectivity index (χ4v) is 1.88. The summed E-state index contributed by atoms with van der Waals surface area (Å²) < 4.78 is 0. The van der Waals surface area contributed by atoms with Crippen LogP contribution >= 0.6 is 0 Å². The van der Waals surface area contributed by atoms with Gasteiger partial charge in [-0.1, -0.05) is 24.3 Å². The topological polar surface area (TPSA) is 72.3 Å². The molecule has 0 heterocycles. The minimum atomic E-state index is 0.286. The highest BCUT2D eigenvalue weighted by Crippen LogP contribution is 2.28. The van der Waals surface area contributed by atoms with Crippen molar-refractivity contribution < 1.29 is 5.11 Å². The number of nitrogen functional groups attached to an aromatic ring is 2. The number of para-hydroxylation sites is 1. The van der Waals surface area contributed by atoms with Gasteiger partial charge in [0.2, 0.25) is 0 Å². The van der Waals surface area contributed by atoms with Crippen molar-refractivity contribution in [1.29, 1.82) is 0 Å². The van der Waals surface area contributed by atoms with E-state index in [1.54, 1.807) is 18.2 Å². The normalized spacial score (nSPS) is 10.4. The molecule has 0 radical (unpaired) electrons. The van der Waals surface area contributed by atoms with Crippen LogP contribution in [0.5, 0.6) is 5.75 Å². The summed E-state index contributed by atoms with van der Waals surface area (Å²) in [5.41, 5.74) is 15.9. The number of hydrogen-bond donors (Lipinski definition) is 3. The third-order valence-corrected chi connectivity index (χ3v) is 2.98. The number of phenolic OH excluding ortho intramolecular Hbond substituents is 1. The third-order valence-electron chi connectivity index (χ3n) is 2.98. The number of aromatic hydroxyl groups is 1. The summed E-state index contributed by atoms with van der Waals surface area (Å²) in [6.07, 6.45) is 0.593. The quantitative estimate of drug-likeness (QED) is 0.691. The highest BCUT2D eigenvalue weighted by Gasteiger charge is 2.09. The van der Waals surface area contributed by atoms with Crippen LogP contribution in [0.4, 0.5) is 11.4 Å². The van der Waals surface area contributed by atoms with Crippen molar-refractivity contribution in [3.63, 3.8) is 0 Å². The first-order valence-corrected chi connectivity index (χ1v) is 5.50. The first kappa shape index (κ1) is 11.3. The molecule has 0 atom stereocenters. The van der Waals surface area contributed by atoms with E-state index in [2.05, 4.69) is 0 Å². The van der Waals surface area contributed by atoms with Crippen LogP contribution in [-0.4, -0.2) is 5.11 Å². The second kappa shape index (κ2) is 4.37. The van der Waals surface area contributed by atoms with Gasteiger partial charge >= 0.3 is 0 Å². The average Bonchev–Trinajstić information content (AvgIpc) is 2.32. The molecule has 0 aliphatic heterocycles. The maximum absolute atomic E-state index is 9.75. The number of phenols is 1. The van der Waals surface area contributed by atoms with Crippen molar-refractivity contribution in [1.82, 2.24) is 0 Å².